The molecule has 0 aliphatic carbocycles. The Morgan fingerprint density at radius 1 is 1.56 bits per heavy atom. The van der Waals surface area contributed by atoms with Gasteiger partial charge in [0.1, 0.15) is 6.04 Å². The van der Waals surface area contributed by atoms with Crippen LogP contribution in [0, 0.1) is 0 Å². The Bertz CT molecular complexity index is 379. The number of hydrogen-bond acceptors (Lipinski definition) is 5. The minimum absolute atomic E-state index is 0.309. The van der Waals surface area contributed by atoms with Gasteiger partial charge < -0.3 is 20.3 Å². The number of nitrogens with zero attached hydrogens (tertiary/aromatic N) is 2. The Hall–Kier alpha value is -2.12. The third-order valence-electron chi connectivity index (χ3n) is 2.22. The number of urea groups is 1. The second kappa shape index (κ2) is 7.25. The minimum atomic E-state index is -1.04. The monoisotopic (exact) mass is 256 g/mol. The summed E-state index contributed by atoms with van der Waals surface area (Å²) >= 11 is 0. The van der Waals surface area contributed by atoms with Gasteiger partial charge in [0.15, 0.2) is 5.82 Å². The number of hydrogen-bond donors (Lipinski definition) is 3. The molecule has 1 rings (SSSR count). The zero-order chi connectivity index (χ0) is 13.4. The van der Waals surface area contributed by atoms with Crippen LogP contribution in [0.15, 0.2) is 10.9 Å². The quantitative estimate of drug-likeness (QED) is 0.640. The lowest BCUT2D eigenvalue weighted by Gasteiger charge is -2.13. The third kappa shape index (κ3) is 4.81. The van der Waals surface area contributed by atoms with E-state index in [0.29, 0.717) is 31.6 Å². The highest BCUT2D eigenvalue weighted by molar-refractivity contribution is 5.82. The summed E-state index contributed by atoms with van der Waals surface area (Å²) in [5.41, 5.74) is 0. The Balaban J connectivity index is 2.25. The summed E-state index contributed by atoms with van der Waals surface area (Å²) in [6, 6.07) is -1.38. The van der Waals surface area contributed by atoms with Crippen molar-refractivity contribution in [2.24, 2.45) is 0 Å². The molecule has 0 saturated carbocycles. The Morgan fingerprint density at radius 3 is 2.89 bits per heavy atom. The number of carbonyl (C=O) groups excluding carboxylic acids is 1. The zero-order valence-electron chi connectivity index (χ0n) is 10.0. The number of rotatable bonds is 7. The van der Waals surface area contributed by atoms with Gasteiger partial charge in [-0.25, -0.2) is 9.59 Å². The summed E-state index contributed by atoms with van der Waals surface area (Å²) in [7, 11) is 0. The van der Waals surface area contributed by atoms with Crippen LogP contribution in [0.1, 0.15) is 25.6 Å². The van der Waals surface area contributed by atoms with Crippen molar-refractivity contribution in [3.8, 4) is 0 Å². The molecule has 0 bridgehead atoms. The van der Waals surface area contributed by atoms with E-state index in [1.165, 1.54) is 6.39 Å². The Kier molecular flexibility index (Phi) is 5.62. The SMILES string of the molecule is CCC[C@@H](NC(=O)NCCc1ncon1)C(=O)O. The minimum Gasteiger partial charge on any atom is -0.480 e. The van der Waals surface area contributed by atoms with Crippen molar-refractivity contribution in [1.82, 2.24) is 20.8 Å². The molecule has 3 N–H and O–H groups in total. The van der Waals surface area contributed by atoms with Gasteiger partial charge in [0, 0.05) is 13.0 Å². The average Bonchev–Trinajstić information content (AvgIpc) is 2.81. The molecule has 0 radical (unpaired) electrons. The van der Waals surface area contributed by atoms with Gasteiger partial charge in [-0.05, 0) is 6.42 Å². The van der Waals surface area contributed by atoms with E-state index in [0.717, 1.165) is 0 Å². The average molecular weight is 256 g/mol. The van der Waals surface area contributed by atoms with E-state index in [2.05, 4.69) is 25.3 Å². The predicted octanol–water partition coefficient (Wildman–Crippen LogP) is 0.165. The van der Waals surface area contributed by atoms with E-state index in [1.54, 1.807) is 0 Å². The molecule has 1 aromatic heterocycles. The van der Waals surface area contributed by atoms with E-state index in [-0.39, 0.29) is 0 Å². The van der Waals surface area contributed by atoms with Gasteiger partial charge in [0.05, 0.1) is 0 Å². The van der Waals surface area contributed by atoms with Gasteiger partial charge in [0.2, 0.25) is 6.39 Å². The van der Waals surface area contributed by atoms with Gasteiger partial charge in [0.25, 0.3) is 0 Å². The molecular formula is C10H16N4O4. The smallest absolute Gasteiger partial charge is 0.326 e. The molecule has 18 heavy (non-hydrogen) atoms. The second-order valence-corrected chi connectivity index (χ2v) is 3.68. The van der Waals surface area contributed by atoms with E-state index < -0.39 is 18.0 Å². The van der Waals surface area contributed by atoms with E-state index in [1.807, 2.05) is 6.92 Å². The van der Waals surface area contributed by atoms with Gasteiger partial charge in [-0.15, -0.1) is 0 Å². The molecule has 8 nitrogen and oxygen atoms in total. The van der Waals surface area contributed by atoms with Crippen LogP contribution in [-0.2, 0) is 11.2 Å². The Labute approximate surface area is 104 Å². The highest BCUT2D eigenvalue weighted by atomic mass is 16.5. The van der Waals surface area contributed by atoms with E-state index >= 15 is 0 Å². The molecule has 2 amide bonds. The Morgan fingerprint density at radius 2 is 2.33 bits per heavy atom. The first-order valence-corrected chi connectivity index (χ1v) is 5.66. The lowest BCUT2D eigenvalue weighted by Crippen LogP contribution is -2.46. The van der Waals surface area contributed by atoms with Crippen molar-refractivity contribution < 1.29 is 19.2 Å². The highest BCUT2D eigenvalue weighted by Crippen LogP contribution is 1.96. The number of carboxylic acids is 1. The summed E-state index contributed by atoms with van der Waals surface area (Å²) in [5, 5.41) is 17.3. The number of nitrogens with one attached hydrogen (secondary N) is 2. The molecule has 8 heteroatoms. The molecule has 0 saturated heterocycles. The maximum absolute atomic E-state index is 11.4. The van der Waals surface area contributed by atoms with Crippen LogP contribution in [0.25, 0.3) is 0 Å². The van der Waals surface area contributed by atoms with E-state index in [9.17, 15) is 9.59 Å². The van der Waals surface area contributed by atoms with Crippen LogP contribution in [0.2, 0.25) is 0 Å². The van der Waals surface area contributed by atoms with Crippen LogP contribution in [0.5, 0.6) is 0 Å². The van der Waals surface area contributed by atoms with Gasteiger partial charge in [-0.2, -0.15) is 4.98 Å². The topological polar surface area (TPSA) is 117 Å². The lowest BCUT2D eigenvalue weighted by molar-refractivity contribution is -0.139. The second-order valence-electron chi connectivity index (χ2n) is 3.68. The molecule has 0 spiro atoms. The number of carbonyl (C=O) groups is 2. The van der Waals surface area contributed by atoms with Crippen molar-refractivity contribution in [1.29, 1.82) is 0 Å². The van der Waals surface area contributed by atoms with Crippen LogP contribution in [0.4, 0.5) is 4.79 Å². The largest absolute Gasteiger partial charge is 0.480 e. The molecular weight excluding hydrogens is 240 g/mol. The summed E-state index contributed by atoms with van der Waals surface area (Å²) in [6.07, 6.45) is 2.71. The zero-order valence-corrected chi connectivity index (χ0v) is 10.0. The van der Waals surface area contributed by atoms with Gasteiger partial charge in [-0.1, -0.05) is 18.5 Å². The molecule has 0 unspecified atom stereocenters. The van der Waals surface area contributed by atoms with Crippen molar-refractivity contribution in [3.63, 3.8) is 0 Å². The number of aromatic nitrogens is 2. The summed E-state index contributed by atoms with van der Waals surface area (Å²) in [4.78, 5) is 26.0. The van der Waals surface area contributed by atoms with Crippen molar-refractivity contribution in [3.05, 3.63) is 12.2 Å². The van der Waals surface area contributed by atoms with Crippen LogP contribution >= 0.6 is 0 Å². The highest BCUT2D eigenvalue weighted by Gasteiger charge is 2.18. The van der Waals surface area contributed by atoms with Crippen LogP contribution in [0.3, 0.4) is 0 Å². The van der Waals surface area contributed by atoms with Gasteiger partial charge in [-0.3, -0.25) is 0 Å². The molecule has 1 aromatic rings. The van der Waals surface area contributed by atoms with Crippen LogP contribution in [-0.4, -0.2) is 39.8 Å². The van der Waals surface area contributed by atoms with Crippen molar-refractivity contribution in [2.75, 3.05) is 6.54 Å². The summed E-state index contributed by atoms with van der Waals surface area (Å²) in [6.45, 7) is 2.16. The molecule has 0 aliphatic rings. The molecule has 1 atom stereocenters. The molecule has 0 aliphatic heterocycles. The van der Waals surface area contributed by atoms with E-state index in [4.69, 9.17) is 5.11 Å². The first-order valence-electron chi connectivity index (χ1n) is 5.66. The van der Waals surface area contributed by atoms with Crippen molar-refractivity contribution in [2.45, 2.75) is 32.2 Å². The number of amides is 2. The fourth-order valence-corrected chi connectivity index (χ4v) is 1.35. The number of aliphatic carboxylic acids is 1. The molecule has 100 valence electrons. The normalized spacial score (nSPS) is 11.8. The van der Waals surface area contributed by atoms with Gasteiger partial charge >= 0.3 is 12.0 Å². The molecule has 1 heterocycles. The first kappa shape index (κ1) is 13.9. The third-order valence-corrected chi connectivity index (χ3v) is 2.22. The molecule has 0 fully saturated rings. The standard InChI is InChI=1S/C10H16N4O4/c1-2-3-7(9(15)16)13-10(17)11-5-4-8-12-6-18-14-8/h6-7H,2-5H2,1H3,(H,15,16)(H2,11,13,17)/t7-/m1/s1. The first-order chi connectivity index (χ1) is 8.63. The summed E-state index contributed by atoms with van der Waals surface area (Å²) < 4.78 is 4.53. The fourth-order valence-electron chi connectivity index (χ4n) is 1.35. The molecule has 0 aromatic carbocycles. The van der Waals surface area contributed by atoms with Crippen molar-refractivity contribution >= 4 is 12.0 Å². The number of carboxylic acid groups (broad SMARTS) is 1. The summed E-state index contributed by atoms with van der Waals surface area (Å²) in [5.74, 6) is -0.552. The lowest BCUT2D eigenvalue weighted by atomic mass is 10.2. The maximum Gasteiger partial charge on any atom is 0.326 e. The van der Waals surface area contributed by atoms with Crippen LogP contribution < -0.4 is 10.6 Å². The maximum atomic E-state index is 11.4. The fraction of sp³-hybridized carbons (Fsp3) is 0.600. The predicted molar refractivity (Wildman–Crippen MR) is 60.9 cm³/mol.